The Morgan fingerprint density at radius 2 is 1.78 bits per heavy atom. The average Bonchev–Trinajstić information content (AvgIpc) is 3.03. The van der Waals surface area contributed by atoms with E-state index < -0.39 is 0 Å². The van der Waals surface area contributed by atoms with Gasteiger partial charge in [-0.15, -0.1) is 0 Å². The van der Waals surface area contributed by atoms with Gasteiger partial charge < -0.3 is 19.9 Å². The lowest BCUT2D eigenvalue weighted by molar-refractivity contribution is -0.680. The molecule has 144 valence electrons. The van der Waals surface area contributed by atoms with E-state index in [1.807, 2.05) is 12.1 Å². The molecule has 0 spiro atoms. The number of unbranched alkanes of at least 4 members (excludes halogenated alkanes) is 1. The van der Waals surface area contributed by atoms with Crippen LogP contribution in [0, 0.1) is 0 Å². The van der Waals surface area contributed by atoms with E-state index in [4.69, 9.17) is 19.9 Å². The summed E-state index contributed by atoms with van der Waals surface area (Å²) in [7, 11) is 4.82. The highest BCUT2D eigenvalue weighted by Crippen LogP contribution is 2.38. The second-order valence-corrected chi connectivity index (χ2v) is 6.24. The number of imidazole rings is 1. The number of nitrogens with zero attached hydrogens (tertiary/aromatic N) is 3. The Labute approximate surface area is 158 Å². The number of aromatic nitrogens is 4. The van der Waals surface area contributed by atoms with Crippen molar-refractivity contribution in [3.8, 4) is 17.2 Å². The molecule has 1 aromatic carbocycles. The average molecular weight is 372 g/mol. The van der Waals surface area contributed by atoms with Gasteiger partial charge in [-0.05, 0) is 24.1 Å². The molecule has 0 saturated carbocycles. The first-order valence-electron chi connectivity index (χ1n) is 8.92. The van der Waals surface area contributed by atoms with Crippen LogP contribution in [0.3, 0.4) is 0 Å². The lowest BCUT2D eigenvalue weighted by Gasteiger charge is -2.13. The maximum absolute atomic E-state index is 6.04. The molecule has 0 atom stereocenters. The minimum absolute atomic E-state index is 0.446. The minimum Gasteiger partial charge on any atom is -0.493 e. The number of methoxy groups -OCH3 is 3. The highest BCUT2D eigenvalue weighted by Gasteiger charge is 2.22. The number of nitrogens with one attached hydrogen (secondary N) is 1. The molecule has 0 aliphatic heterocycles. The quantitative estimate of drug-likeness (QED) is 0.589. The number of ether oxygens (including phenoxy) is 3. The van der Waals surface area contributed by atoms with E-state index in [0.29, 0.717) is 29.5 Å². The number of aromatic amines is 1. The first kappa shape index (κ1) is 18.8. The third-order valence-electron chi connectivity index (χ3n) is 4.54. The third kappa shape index (κ3) is 3.60. The van der Waals surface area contributed by atoms with Crippen LogP contribution in [0.2, 0.25) is 0 Å². The summed E-state index contributed by atoms with van der Waals surface area (Å²) < 4.78 is 18.5. The maximum atomic E-state index is 6.04. The Morgan fingerprint density at radius 3 is 2.37 bits per heavy atom. The smallest absolute Gasteiger partial charge is 0.307 e. The Bertz CT molecular complexity index is 913. The van der Waals surface area contributed by atoms with Gasteiger partial charge in [-0.1, -0.05) is 18.3 Å². The van der Waals surface area contributed by atoms with Gasteiger partial charge >= 0.3 is 5.65 Å². The van der Waals surface area contributed by atoms with Crippen molar-refractivity contribution in [2.45, 2.75) is 32.7 Å². The van der Waals surface area contributed by atoms with Crippen molar-refractivity contribution in [1.82, 2.24) is 15.0 Å². The first-order chi connectivity index (χ1) is 13.1. The van der Waals surface area contributed by atoms with Crippen molar-refractivity contribution < 1.29 is 18.8 Å². The van der Waals surface area contributed by atoms with Crippen LogP contribution in [0.5, 0.6) is 17.2 Å². The van der Waals surface area contributed by atoms with E-state index in [1.165, 1.54) is 6.33 Å². The molecule has 0 radical (unpaired) electrons. The molecule has 2 aromatic heterocycles. The molecular formula is C19H26N5O3+. The molecule has 3 rings (SSSR count). The summed E-state index contributed by atoms with van der Waals surface area (Å²) >= 11 is 0. The number of nitrogens with two attached hydrogens (primary N) is 1. The van der Waals surface area contributed by atoms with Crippen LogP contribution in [-0.2, 0) is 13.0 Å². The third-order valence-corrected chi connectivity index (χ3v) is 4.54. The fraction of sp³-hybridized carbons (Fsp3) is 0.421. The van der Waals surface area contributed by atoms with Crippen LogP contribution >= 0.6 is 0 Å². The molecule has 27 heavy (non-hydrogen) atoms. The molecule has 0 unspecified atom stereocenters. The minimum atomic E-state index is 0.446. The van der Waals surface area contributed by atoms with Crippen molar-refractivity contribution in [3.63, 3.8) is 0 Å². The predicted octanol–water partition coefficient (Wildman–Crippen LogP) is 2.24. The van der Waals surface area contributed by atoms with Gasteiger partial charge in [0.05, 0.1) is 34.3 Å². The Kier molecular flexibility index (Phi) is 5.63. The highest BCUT2D eigenvalue weighted by molar-refractivity contribution is 5.78. The Morgan fingerprint density at radius 1 is 1.07 bits per heavy atom. The zero-order valence-corrected chi connectivity index (χ0v) is 16.2. The number of aryl methyl sites for hydroxylation is 1. The molecule has 0 fully saturated rings. The molecule has 2 heterocycles. The van der Waals surface area contributed by atoms with Crippen molar-refractivity contribution >= 4 is 17.0 Å². The second kappa shape index (κ2) is 8.11. The number of H-pyrrole nitrogens is 1. The fourth-order valence-electron chi connectivity index (χ4n) is 3.18. The predicted molar refractivity (Wildman–Crippen MR) is 102 cm³/mol. The summed E-state index contributed by atoms with van der Waals surface area (Å²) in [4.78, 5) is 11.9. The normalized spacial score (nSPS) is 11.0. The summed E-state index contributed by atoms with van der Waals surface area (Å²) in [6.45, 7) is 3.02. The molecule has 3 aromatic rings. The number of hydrogen-bond acceptors (Lipinski definition) is 6. The van der Waals surface area contributed by atoms with E-state index in [-0.39, 0.29) is 0 Å². The van der Waals surface area contributed by atoms with Gasteiger partial charge in [0.15, 0.2) is 23.6 Å². The van der Waals surface area contributed by atoms with E-state index in [0.717, 1.165) is 41.9 Å². The Hall–Kier alpha value is -3.03. The Balaban J connectivity index is 2.07. The van der Waals surface area contributed by atoms with Gasteiger partial charge in [0.1, 0.15) is 0 Å². The number of fused-ring (bicyclic) bond motifs is 1. The molecule has 8 nitrogen and oxygen atoms in total. The molecule has 0 aliphatic rings. The van der Waals surface area contributed by atoms with Crippen LogP contribution in [0.1, 0.15) is 31.2 Å². The van der Waals surface area contributed by atoms with Gasteiger partial charge in [-0.3, -0.25) is 4.98 Å². The molecule has 8 heteroatoms. The van der Waals surface area contributed by atoms with Crippen molar-refractivity contribution in [2.24, 2.45) is 0 Å². The van der Waals surface area contributed by atoms with Crippen molar-refractivity contribution in [1.29, 1.82) is 0 Å². The van der Waals surface area contributed by atoms with E-state index in [9.17, 15) is 0 Å². The van der Waals surface area contributed by atoms with Gasteiger partial charge in [0, 0.05) is 0 Å². The lowest BCUT2D eigenvalue weighted by atomic mass is 10.1. The van der Waals surface area contributed by atoms with Crippen LogP contribution in [0.15, 0.2) is 18.5 Å². The van der Waals surface area contributed by atoms with Crippen LogP contribution in [-0.4, -0.2) is 36.3 Å². The summed E-state index contributed by atoms with van der Waals surface area (Å²) in [5, 5.41) is 0. The molecule has 0 saturated heterocycles. The topological polar surface area (TPSA) is 99.2 Å². The van der Waals surface area contributed by atoms with Gasteiger partial charge in [-0.25, -0.2) is 4.57 Å². The lowest BCUT2D eigenvalue weighted by Crippen LogP contribution is -2.37. The number of rotatable bonds is 8. The monoisotopic (exact) mass is 372 g/mol. The zero-order valence-electron chi connectivity index (χ0n) is 16.2. The van der Waals surface area contributed by atoms with Gasteiger partial charge in [-0.2, -0.15) is 4.98 Å². The van der Waals surface area contributed by atoms with E-state index in [2.05, 4.69) is 26.4 Å². The van der Waals surface area contributed by atoms with Crippen LogP contribution in [0.4, 0.5) is 5.82 Å². The van der Waals surface area contributed by atoms with Gasteiger partial charge in [0.25, 0.3) is 0 Å². The standard InChI is InChI=1S/C19H25N5O3/c1-5-6-7-24-15(23-16-18(20)21-11-22-19(16)24)10-12-8-13(25-2)17(27-4)14(9-12)26-3/h8-9,11H,5-7,10H2,1-4H3,(H2,20,21,22)/p+1. The molecular weight excluding hydrogens is 346 g/mol. The summed E-state index contributed by atoms with van der Waals surface area (Å²) in [6, 6.07) is 3.90. The largest absolute Gasteiger partial charge is 0.493 e. The summed E-state index contributed by atoms with van der Waals surface area (Å²) in [6.07, 6.45) is 4.26. The molecule has 3 N–H and O–H groups in total. The molecule has 0 aliphatic carbocycles. The first-order valence-corrected chi connectivity index (χ1v) is 8.92. The second-order valence-electron chi connectivity index (χ2n) is 6.24. The van der Waals surface area contributed by atoms with Crippen molar-refractivity contribution in [3.05, 3.63) is 29.8 Å². The fourth-order valence-corrected chi connectivity index (χ4v) is 3.18. The molecule has 0 bridgehead atoms. The summed E-state index contributed by atoms with van der Waals surface area (Å²) in [5.74, 6) is 3.28. The maximum Gasteiger partial charge on any atom is 0.307 e. The SMILES string of the molecule is CCCC[n+]1c(Cc2cc(OC)c(OC)c(OC)c2)[nH]c2c(N)ncnc21. The number of hydrogen-bond donors (Lipinski definition) is 2. The molecule has 0 amide bonds. The van der Waals surface area contributed by atoms with E-state index in [1.54, 1.807) is 21.3 Å². The van der Waals surface area contributed by atoms with Gasteiger partial charge in [0.2, 0.25) is 17.1 Å². The zero-order chi connectivity index (χ0) is 19.4. The number of nitrogen functional groups attached to an aromatic ring is 1. The van der Waals surface area contributed by atoms with Crippen LogP contribution < -0.4 is 24.5 Å². The number of benzene rings is 1. The van der Waals surface area contributed by atoms with Crippen LogP contribution in [0.25, 0.3) is 11.2 Å². The van der Waals surface area contributed by atoms with Crippen molar-refractivity contribution in [2.75, 3.05) is 27.1 Å². The summed E-state index contributed by atoms with van der Waals surface area (Å²) in [5.41, 5.74) is 8.64. The van der Waals surface area contributed by atoms with E-state index >= 15 is 0 Å². The highest BCUT2D eigenvalue weighted by atomic mass is 16.5. The number of anilines is 1.